The summed E-state index contributed by atoms with van der Waals surface area (Å²) in [4.78, 5) is 26.3. The fourth-order valence-corrected chi connectivity index (χ4v) is 5.29. The molecule has 0 fully saturated rings. The van der Waals surface area contributed by atoms with Crippen LogP contribution in [0.3, 0.4) is 0 Å². The maximum Gasteiger partial charge on any atom is 0.255 e. The quantitative estimate of drug-likeness (QED) is 0.0987. The summed E-state index contributed by atoms with van der Waals surface area (Å²) in [6, 6.07) is 32.8. The van der Waals surface area contributed by atoms with E-state index in [9.17, 15) is 9.59 Å². The Balaban J connectivity index is 1.41. The zero-order valence-electron chi connectivity index (χ0n) is 24.2. The van der Waals surface area contributed by atoms with Gasteiger partial charge < -0.3 is 10.1 Å². The van der Waals surface area contributed by atoms with Crippen LogP contribution in [0.2, 0.25) is 25.7 Å². The van der Waals surface area contributed by atoms with Crippen molar-refractivity contribution in [2.75, 3.05) is 11.9 Å². The molecule has 1 aromatic heterocycles. The Morgan fingerprint density at radius 3 is 2.24 bits per heavy atom. The molecule has 0 bridgehead atoms. The van der Waals surface area contributed by atoms with Crippen LogP contribution in [0.1, 0.15) is 37.5 Å². The number of nitrogens with zero attached hydrogens (tertiary/aromatic N) is 2. The highest BCUT2D eigenvalue weighted by molar-refractivity contribution is 6.76. The molecule has 0 saturated carbocycles. The van der Waals surface area contributed by atoms with Crippen LogP contribution in [0.15, 0.2) is 103 Å². The molecule has 0 spiro atoms. The zero-order chi connectivity index (χ0) is 29.5. The van der Waals surface area contributed by atoms with Crippen molar-refractivity contribution in [2.45, 2.75) is 32.4 Å². The van der Waals surface area contributed by atoms with E-state index in [2.05, 4.69) is 25.0 Å². The number of fused-ring (bicyclic) bond motifs is 1. The van der Waals surface area contributed by atoms with Gasteiger partial charge >= 0.3 is 0 Å². The molecular formula is C35H35N3O3Si. The van der Waals surface area contributed by atoms with Crippen molar-refractivity contribution in [3.8, 4) is 0 Å². The lowest BCUT2D eigenvalue weighted by molar-refractivity contribution is 0.0816. The number of carbonyl (C=O) groups is 2. The smallest absolute Gasteiger partial charge is 0.255 e. The molecule has 0 atom stereocenters. The standard InChI is InChI=1S/C35H35N3O3Si/c1-42(2,3)22-21-41-25-38-33-24-29(18-19-31(33)32(37-38)20-17-26-11-6-4-7-12-26)34(39)28-15-10-16-30(23-28)36-35(40)27-13-8-5-9-14-27/h4-20,23-24H,21-22,25H2,1-3H3,(H,36,40). The van der Waals surface area contributed by atoms with Crippen LogP contribution in [0.4, 0.5) is 5.69 Å². The lowest BCUT2D eigenvalue weighted by Gasteiger charge is -2.15. The first-order valence-electron chi connectivity index (χ1n) is 14.1. The number of anilines is 1. The molecule has 1 heterocycles. The van der Waals surface area contributed by atoms with E-state index in [1.807, 2.05) is 83.6 Å². The molecule has 0 aliphatic carbocycles. The second kappa shape index (κ2) is 12.9. The Kier molecular flexibility index (Phi) is 8.90. The van der Waals surface area contributed by atoms with Gasteiger partial charge in [0, 0.05) is 42.4 Å². The fourth-order valence-electron chi connectivity index (χ4n) is 4.53. The third kappa shape index (κ3) is 7.37. The molecule has 6 nitrogen and oxygen atoms in total. The van der Waals surface area contributed by atoms with Crippen LogP contribution >= 0.6 is 0 Å². The van der Waals surface area contributed by atoms with Crippen LogP contribution < -0.4 is 5.32 Å². The first-order valence-corrected chi connectivity index (χ1v) is 17.8. The van der Waals surface area contributed by atoms with Crippen molar-refractivity contribution in [3.63, 3.8) is 0 Å². The van der Waals surface area contributed by atoms with E-state index in [0.717, 1.165) is 28.2 Å². The molecule has 7 heteroatoms. The van der Waals surface area contributed by atoms with Crippen LogP contribution in [-0.4, -0.2) is 36.2 Å². The minimum Gasteiger partial charge on any atom is -0.360 e. The summed E-state index contributed by atoms with van der Waals surface area (Å²) in [5.74, 6) is -0.364. The molecule has 0 aliphatic heterocycles. The van der Waals surface area contributed by atoms with Crippen LogP contribution in [-0.2, 0) is 11.5 Å². The largest absolute Gasteiger partial charge is 0.360 e. The number of benzene rings is 4. The van der Waals surface area contributed by atoms with Gasteiger partial charge in [0.05, 0.1) is 11.2 Å². The molecule has 0 saturated heterocycles. The van der Waals surface area contributed by atoms with Gasteiger partial charge in [0.2, 0.25) is 0 Å². The average molecular weight is 574 g/mol. The van der Waals surface area contributed by atoms with Crippen molar-refractivity contribution < 1.29 is 14.3 Å². The number of ether oxygens (including phenoxy) is 1. The number of rotatable bonds is 11. The van der Waals surface area contributed by atoms with E-state index >= 15 is 0 Å². The van der Waals surface area contributed by atoms with Crippen molar-refractivity contribution in [2.24, 2.45) is 0 Å². The van der Waals surface area contributed by atoms with Crippen molar-refractivity contribution >= 4 is 48.5 Å². The molecule has 5 rings (SSSR count). The first-order chi connectivity index (χ1) is 20.3. The third-order valence-electron chi connectivity index (χ3n) is 6.90. The van der Waals surface area contributed by atoms with Crippen LogP contribution in [0, 0.1) is 0 Å². The van der Waals surface area contributed by atoms with Crippen molar-refractivity contribution in [1.82, 2.24) is 9.78 Å². The maximum absolute atomic E-state index is 13.6. The van der Waals surface area contributed by atoms with Crippen LogP contribution in [0.5, 0.6) is 0 Å². The second-order valence-electron chi connectivity index (χ2n) is 11.4. The predicted octanol–water partition coefficient (Wildman–Crippen LogP) is 8.00. The van der Waals surface area contributed by atoms with Gasteiger partial charge in [-0.05, 0) is 54.1 Å². The number of carbonyl (C=O) groups excluding carboxylic acids is 2. The Bertz CT molecular complexity index is 1720. The Morgan fingerprint density at radius 2 is 1.50 bits per heavy atom. The molecule has 4 aromatic carbocycles. The molecular weight excluding hydrogens is 538 g/mol. The zero-order valence-corrected chi connectivity index (χ0v) is 25.2. The molecule has 0 unspecified atom stereocenters. The van der Waals surface area contributed by atoms with Gasteiger partial charge in [-0.15, -0.1) is 0 Å². The topological polar surface area (TPSA) is 73.2 Å². The summed E-state index contributed by atoms with van der Waals surface area (Å²) in [7, 11) is -1.23. The van der Waals surface area contributed by atoms with E-state index < -0.39 is 8.07 Å². The average Bonchev–Trinajstić information content (AvgIpc) is 3.35. The molecule has 212 valence electrons. The maximum atomic E-state index is 13.6. The van der Waals surface area contributed by atoms with E-state index in [-0.39, 0.29) is 11.7 Å². The molecule has 5 aromatic rings. The third-order valence-corrected chi connectivity index (χ3v) is 8.61. The van der Waals surface area contributed by atoms with Crippen molar-refractivity contribution in [3.05, 3.63) is 131 Å². The second-order valence-corrected chi connectivity index (χ2v) is 17.1. The summed E-state index contributed by atoms with van der Waals surface area (Å²) in [5, 5.41) is 8.67. The van der Waals surface area contributed by atoms with Crippen molar-refractivity contribution in [1.29, 1.82) is 0 Å². The predicted molar refractivity (Wildman–Crippen MR) is 173 cm³/mol. The normalized spacial score (nSPS) is 11.7. The van der Waals surface area contributed by atoms with E-state index in [1.165, 1.54) is 0 Å². The summed E-state index contributed by atoms with van der Waals surface area (Å²) in [5.41, 5.74) is 4.86. The van der Waals surface area contributed by atoms with Gasteiger partial charge in [-0.2, -0.15) is 5.10 Å². The Labute approximate surface area is 247 Å². The van der Waals surface area contributed by atoms with Crippen LogP contribution in [0.25, 0.3) is 23.1 Å². The number of hydrogen-bond donors (Lipinski definition) is 1. The fraction of sp³-hybridized carbons (Fsp3) is 0.171. The van der Waals surface area contributed by atoms with Gasteiger partial charge in [-0.3, -0.25) is 9.59 Å². The van der Waals surface area contributed by atoms with E-state index in [0.29, 0.717) is 35.7 Å². The minimum absolute atomic E-state index is 0.138. The van der Waals surface area contributed by atoms with E-state index in [4.69, 9.17) is 9.84 Å². The molecule has 0 aliphatic rings. The van der Waals surface area contributed by atoms with E-state index in [1.54, 1.807) is 36.4 Å². The first kappa shape index (κ1) is 28.9. The number of ketones is 1. The number of aromatic nitrogens is 2. The number of amides is 1. The minimum atomic E-state index is -1.23. The lowest BCUT2D eigenvalue weighted by atomic mass is 10.0. The lowest BCUT2D eigenvalue weighted by Crippen LogP contribution is -2.22. The summed E-state index contributed by atoms with van der Waals surface area (Å²) in [6.45, 7) is 7.95. The SMILES string of the molecule is C[Si](C)(C)CCOCn1nc(C=Cc2ccccc2)c2ccc(C(=O)c3cccc(NC(=O)c4ccccc4)c3)cc21. The van der Waals surface area contributed by atoms with Gasteiger partial charge in [-0.25, -0.2) is 4.68 Å². The molecule has 42 heavy (non-hydrogen) atoms. The van der Waals surface area contributed by atoms with Gasteiger partial charge in [0.1, 0.15) is 6.73 Å². The summed E-state index contributed by atoms with van der Waals surface area (Å²) in [6.07, 6.45) is 4.03. The summed E-state index contributed by atoms with van der Waals surface area (Å²) >= 11 is 0. The van der Waals surface area contributed by atoms with Gasteiger partial charge in [-0.1, -0.05) is 92.4 Å². The molecule has 1 N–H and O–H groups in total. The summed E-state index contributed by atoms with van der Waals surface area (Å²) < 4.78 is 7.87. The Hall–Kier alpha value is -4.59. The Morgan fingerprint density at radius 1 is 0.810 bits per heavy atom. The number of nitrogens with one attached hydrogen (secondary N) is 1. The molecule has 1 amide bonds. The van der Waals surface area contributed by atoms with Gasteiger partial charge in [0.15, 0.2) is 5.78 Å². The highest BCUT2D eigenvalue weighted by Gasteiger charge is 2.16. The monoisotopic (exact) mass is 573 g/mol. The number of hydrogen-bond acceptors (Lipinski definition) is 4. The van der Waals surface area contributed by atoms with Gasteiger partial charge in [0.25, 0.3) is 5.91 Å². The highest BCUT2D eigenvalue weighted by atomic mass is 28.3. The highest BCUT2D eigenvalue weighted by Crippen LogP contribution is 2.25. The molecule has 0 radical (unpaired) electrons.